The third-order valence-electron chi connectivity index (χ3n) is 3.09. The van der Waals surface area contributed by atoms with Gasteiger partial charge < -0.3 is 10.4 Å². The monoisotopic (exact) mass is 326 g/mol. The summed E-state index contributed by atoms with van der Waals surface area (Å²) in [4.78, 5) is 34.1. The van der Waals surface area contributed by atoms with Gasteiger partial charge in [0.05, 0.1) is 9.82 Å². The molecule has 0 aliphatic rings. The van der Waals surface area contributed by atoms with Gasteiger partial charge in [0, 0.05) is 11.6 Å². The maximum Gasteiger partial charge on any atom is 0.326 e. The molecule has 0 aliphatic heterocycles. The molecule has 2 N–H and O–H groups in total. The molecular formula is C14H18N2O5S. The van der Waals surface area contributed by atoms with Crippen LogP contribution >= 0.6 is 11.8 Å². The molecule has 1 rings (SSSR count). The molecule has 1 aromatic rings. The maximum atomic E-state index is 12.1. The van der Waals surface area contributed by atoms with Crippen molar-refractivity contribution >= 4 is 29.3 Å². The molecule has 7 nitrogen and oxygen atoms in total. The quantitative estimate of drug-likeness (QED) is 0.432. The Kier molecular flexibility index (Phi) is 6.84. The Labute approximate surface area is 132 Å². The molecule has 0 heterocycles. The van der Waals surface area contributed by atoms with E-state index >= 15 is 0 Å². The number of unbranched alkanes of at least 4 members (excludes halogenated alkanes) is 1. The van der Waals surface area contributed by atoms with Crippen LogP contribution in [-0.2, 0) is 4.79 Å². The van der Waals surface area contributed by atoms with Crippen LogP contribution in [0.3, 0.4) is 0 Å². The summed E-state index contributed by atoms with van der Waals surface area (Å²) in [6, 6.07) is 3.11. The van der Waals surface area contributed by atoms with Gasteiger partial charge in [0.15, 0.2) is 0 Å². The van der Waals surface area contributed by atoms with Crippen molar-refractivity contribution in [1.29, 1.82) is 0 Å². The predicted octanol–water partition coefficient (Wildman–Crippen LogP) is 2.69. The van der Waals surface area contributed by atoms with Crippen LogP contribution in [-0.4, -0.2) is 34.2 Å². The van der Waals surface area contributed by atoms with Crippen molar-refractivity contribution in [3.8, 4) is 0 Å². The number of nitrogens with one attached hydrogen (secondary N) is 1. The van der Waals surface area contributed by atoms with Gasteiger partial charge in [-0.05, 0) is 24.8 Å². The minimum atomic E-state index is -1.11. The molecule has 1 aromatic carbocycles. The molecule has 0 spiro atoms. The summed E-state index contributed by atoms with van der Waals surface area (Å²) < 4.78 is 0. The molecule has 1 amide bonds. The molecule has 0 saturated heterocycles. The number of thioether (sulfide) groups is 1. The van der Waals surface area contributed by atoms with Gasteiger partial charge in [-0.2, -0.15) is 0 Å². The molecule has 0 fully saturated rings. The fraction of sp³-hybridized carbons (Fsp3) is 0.429. The van der Waals surface area contributed by atoms with Gasteiger partial charge in [-0.15, -0.1) is 11.8 Å². The molecule has 0 radical (unpaired) electrons. The Morgan fingerprint density at radius 2 is 2.14 bits per heavy atom. The van der Waals surface area contributed by atoms with E-state index in [1.807, 2.05) is 6.92 Å². The van der Waals surface area contributed by atoms with Gasteiger partial charge in [0.2, 0.25) is 0 Å². The van der Waals surface area contributed by atoms with Crippen molar-refractivity contribution in [3.63, 3.8) is 0 Å². The van der Waals surface area contributed by atoms with Crippen molar-refractivity contribution < 1.29 is 19.6 Å². The van der Waals surface area contributed by atoms with Crippen LogP contribution in [0.5, 0.6) is 0 Å². The minimum absolute atomic E-state index is 0.0762. The van der Waals surface area contributed by atoms with E-state index in [0.29, 0.717) is 17.7 Å². The van der Waals surface area contributed by atoms with E-state index in [0.717, 1.165) is 6.42 Å². The standard InChI is InChI=1S/C14H18N2O5S/c1-3-4-5-10(14(18)19)15-13(17)9-6-7-12(22-2)11(8-9)16(20)21/h6-8,10H,3-5H2,1-2H3,(H,15,17)(H,18,19)/t10-/m0/s1. The average Bonchev–Trinajstić information content (AvgIpc) is 2.50. The van der Waals surface area contributed by atoms with Crippen LogP contribution < -0.4 is 5.32 Å². The number of carbonyl (C=O) groups is 2. The fourth-order valence-electron chi connectivity index (χ4n) is 1.88. The third-order valence-corrected chi connectivity index (χ3v) is 3.87. The highest BCUT2D eigenvalue weighted by molar-refractivity contribution is 7.98. The Balaban J connectivity index is 2.95. The lowest BCUT2D eigenvalue weighted by atomic mass is 10.1. The number of hydrogen-bond acceptors (Lipinski definition) is 5. The zero-order chi connectivity index (χ0) is 16.7. The van der Waals surface area contributed by atoms with Crippen LogP contribution in [0.1, 0.15) is 36.5 Å². The number of hydrogen-bond donors (Lipinski definition) is 2. The number of aliphatic carboxylic acids is 1. The summed E-state index contributed by atoms with van der Waals surface area (Å²) in [6.07, 6.45) is 3.51. The lowest BCUT2D eigenvalue weighted by Gasteiger charge is -2.14. The molecule has 0 aliphatic carbocycles. The SMILES string of the molecule is CCCC[C@H](NC(=O)c1ccc(SC)c([N+](=O)[O-])c1)C(=O)O. The van der Waals surface area contributed by atoms with Crippen molar-refractivity contribution in [1.82, 2.24) is 5.32 Å². The number of nitro groups is 1. The second-order valence-corrected chi connectivity index (χ2v) is 5.50. The summed E-state index contributed by atoms with van der Waals surface area (Å²) in [5.41, 5.74) is -0.0900. The van der Waals surface area contributed by atoms with Gasteiger partial charge in [-0.1, -0.05) is 19.8 Å². The Morgan fingerprint density at radius 3 is 2.64 bits per heavy atom. The number of carbonyl (C=O) groups excluding carboxylic acids is 1. The van der Waals surface area contributed by atoms with E-state index in [-0.39, 0.29) is 11.3 Å². The number of carboxylic acid groups (broad SMARTS) is 1. The highest BCUT2D eigenvalue weighted by Gasteiger charge is 2.22. The summed E-state index contributed by atoms with van der Waals surface area (Å²) >= 11 is 1.21. The van der Waals surface area contributed by atoms with Crippen LogP contribution in [0, 0.1) is 10.1 Å². The normalized spacial score (nSPS) is 11.7. The molecular weight excluding hydrogens is 308 g/mol. The number of rotatable bonds is 8. The van der Waals surface area contributed by atoms with Crippen molar-refractivity contribution in [2.45, 2.75) is 37.1 Å². The van der Waals surface area contributed by atoms with Crippen LogP contribution in [0.4, 0.5) is 5.69 Å². The van der Waals surface area contributed by atoms with E-state index in [2.05, 4.69) is 5.32 Å². The van der Waals surface area contributed by atoms with E-state index in [4.69, 9.17) is 5.11 Å². The molecule has 8 heteroatoms. The minimum Gasteiger partial charge on any atom is -0.480 e. The first-order chi connectivity index (χ1) is 10.4. The molecule has 1 atom stereocenters. The van der Waals surface area contributed by atoms with Gasteiger partial charge in [0.25, 0.3) is 11.6 Å². The summed E-state index contributed by atoms with van der Waals surface area (Å²) in [6.45, 7) is 1.92. The van der Waals surface area contributed by atoms with E-state index in [9.17, 15) is 19.7 Å². The Hall–Kier alpha value is -2.09. The summed E-state index contributed by atoms with van der Waals surface area (Å²) in [5.74, 6) is -1.74. The smallest absolute Gasteiger partial charge is 0.326 e. The molecule has 0 saturated carbocycles. The topological polar surface area (TPSA) is 110 Å². The molecule has 120 valence electrons. The zero-order valence-corrected chi connectivity index (χ0v) is 13.2. The van der Waals surface area contributed by atoms with E-state index in [1.165, 1.54) is 30.0 Å². The maximum absolute atomic E-state index is 12.1. The largest absolute Gasteiger partial charge is 0.480 e. The Morgan fingerprint density at radius 1 is 1.45 bits per heavy atom. The number of benzene rings is 1. The number of nitrogens with zero attached hydrogens (tertiary/aromatic N) is 1. The lowest BCUT2D eigenvalue weighted by molar-refractivity contribution is -0.387. The van der Waals surface area contributed by atoms with E-state index in [1.54, 1.807) is 6.26 Å². The van der Waals surface area contributed by atoms with Gasteiger partial charge in [0.1, 0.15) is 6.04 Å². The second-order valence-electron chi connectivity index (χ2n) is 4.65. The van der Waals surface area contributed by atoms with Crippen LogP contribution in [0.2, 0.25) is 0 Å². The highest BCUT2D eigenvalue weighted by atomic mass is 32.2. The second kappa shape index (κ2) is 8.38. The van der Waals surface area contributed by atoms with Crippen molar-refractivity contribution in [3.05, 3.63) is 33.9 Å². The van der Waals surface area contributed by atoms with Gasteiger partial charge in [-0.25, -0.2) is 4.79 Å². The van der Waals surface area contributed by atoms with Gasteiger partial charge >= 0.3 is 5.97 Å². The first-order valence-electron chi connectivity index (χ1n) is 6.76. The lowest BCUT2D eigenvalue weighted by Crippen LogP contribution is -2.40. The molecule has 0 unspecified atom stereocenters. The van der Waals surface area contributed by atoms with Crippen LogP contribution in [0.15, 0.2) is 23.1 Å². The molecule has 0 bridgehead atoms. The first kappa shape index (κ1) is 18.0. The van der Waals surface area contributed by atoms with Crippen molar-refractivity contribution in [2.24, 2.45) is 0 Å². The predicted molar refractivity (Wildman–Crippen MR) is 83.3 cm³/mol. The molecule has 22 heavy (non-hydrogen) atoms. The van der Waals surface area contributed by atoms with Crippen molar-refractivity contribution in [2.75, 3.05) is 6.26 Å². The molecule has 0 aromatic heterocycles. The van der Waals surface area contributed by atoms with Gasteiger partial charge in [-0.3, -0.25) is 14.9 Å². The Bertz CT molecular complexity index is 576. The number of carboxylic acids is 1. The van der Waals surface area contributed by atoms with E-state index < -0.39 is 22.8 Å². The summed E-state index contributed by atoms with van der Waals surface area (Å²) in [7, 11) is 0. The third kappa shape index (κ3) is 4.73. The first-order valence-corrected chi connectivity index (χ1v) is 7.99. The highest BCUT2D eigenvalue weighted by Crippen LogP contribution is 2.28. The number of nitro benzene ring substituents is 1. The average molecular weight is 326 g/mol. The number of amides is 1. The zero-order valence-electron chi connectivity index (χ0n) is 12.4. The van der Waals surface area contributed by atoms with Crippen LogP contribution in [0.25, 0.3) is 0 Å². The summed E-state index contributed by atoms with van der Waals surface area (Å²) in [5, 5.41) is 22.5. The fourth-order valence-corrected chi connectivity index (χ4v) is 2.43.